The maximum Gasteiger partial charge on any atom is 0.200 e. The van der Waals surface area contributed by atoms with Gasteiger partial charge in [0.2, 0.25) is 5.75 Å². The number of hydrogen-bond donors (Lipinski definition) is 2. The Kier molecular flexibility index (Phi) is 6.62. The van der Waals surface area contributed by atoms with Crippen molar-refractivity contribution in [1.82, 2.24) is 5.32 Å². The van der Waals surface area contributed by atoms with E-state index >= 15 is 0 Å². The maximum atomic E-state index is 9.79. The first-order valence-corrected chi connectivity index (χ1v) is 6.31. The number of rotatable bonds is 8. The maximum absolute atomic E-state index is 9.79. The minimum Gasteiger partial charge on any atom is -0.502 e. The molecule has 1 aromatic carbocycles. The molecule has 0 fully saturated rings. The fourth-order valence-corrected chi connectivity index (χ4v) is 1.76. The molecule has 0 aliphatic rings. The van der Waals surface area contributed by atoms with E-state index in [1.165, 1.54) is 14.2 Å². The molecule has 4 heteroatoms. The van der Waals surface area contributed by atoms with Crippen molar-refractivity contribution in [2.45, 2.75) is 25.8 Å². The van der Waals surface area contributed by atoms with E-state index < -0.39 is 0 Å². The summed E-state index contributed by atoms with van der Waals surface area (Å²) in [4.78, 5) is 0. The van der Waals surface area contributed by atoms with Gasteiger partial charge in [0, 0.05) is 13.0 Å². The molecule has 2 N–H and O–H groups in total. The molecule has 0 saturated carbocycles. The number of phenolic OH excluding ortho intramolecular Hbond substituents is 1. The Balaban J connectivity index is 2.52. The first kappa shape index (κ1) is 15.2. The number of methoxy groups -OCH3 is 2. The van der Waals surface area contributed by atoms with Crippen LogP contribution in [0.4, 0.5) is 0 Å². The van der Waals surface area contributed by atoms with Crippen molar-refractivity contribution in [1.29, 1.82) is 0 Å². The lowest BCUT2D eigenvalue weighted by Gasteiger charge is -2.11. The number of ether oxygens (including phenoxy) is 2. The quantitative estimate of drug-likeness (QED) is 0.558. The number of hydrogen-bond acceptors (Lipinski definition) is 4. The Morgan fingerprint density at radius 2 is 1.84 bits per heavy atom. The van der Waals surface area contributed by atoms with Crippen LogP contribution < -0.4 is 14.8 Å². The molecule has 4 nitrogen and oxygen atoms in total. The lowest BCUT2D eigenvalue weighted by Crippen LogP contribution is -2.14. The van der Waals surface area contributed by atoms with Gasteiger partial charge in [0.15, 0.2) is 11.5 Å². The number of phenols is 1. The third kappa shape index (κ3) is 4.72. The highest BCUT2D eigenvalue weighted by Crippen LogP contribution is 2.36. The fraction of sp³-hybridized carbons (Fsp3) is 0.467. The van der Waals surface area contributed by atoms with Crippen LogP contribution in [0.5, 0.6) is 17.2 Å². The van der Waals surface area contributed by atoms with E-state index in [4.69, 9.17) is 15.9 Å². The van der Waals surface area contributed by atoms with Crippen molar-refractivity contribution in [2.75, 3.05) is 20.8 Å². The minimum absolute atomic E-state index is 0.0303. The summed E-state index contributed by atoms with van der Waals surface area (Å²) in [7, 11) is 3.04. The predicted octanol–water partition coefficient (Wildman–Crippen LogP) is 2.30. The molecule has 1 aromatic rings. The summed E-state index contributed by atoms with van der Waals surface area (Å²) < 4.78 is 10.2. The Morgan fingerprint density at radius 1 is 1.21 bits per heavy atom. The second-order valence-electron chi connectivity index (χ2n) is 4.19. The lowest BCUT2D eigenvalue weighted by molar-refractivity contribution is 0.339. The summed E-state index contributed by atoms with van der Waals surface area (Å²) in [6, 6.07) is 3.60. The molecular formula is C15H21NO3. The van der Waals surface area contributed by atoms with Crippen molar-refractivity contribution in [3.63, 3.8) is 0 Å². The van der Waals surface area contributed by atoms with Crippen LogP contribution >= 0.6 is 0 Å². The highest BCUT2D eigenvalue weighted by Gasteiger charge is 2.10. The van der Waals surface area contributed by atoms with Crippen molar-refractivity contribution < 1.29 is 14.6 Å². The number of aromatic hydroxyl groups is 1. The van der Waals surface area contributed by atoms with Crippen molar-refractivity contribution >= 4 is 0 Å². The topological polar surface area (TPSA) is 50.7 Å². The van der Waals surface area contributed by atoms with E-state index in [0.29, 0.717) is 18.0 Å². The van der Waals surface area contributed by atoms with Crippen molar-refractivity contribution in [3.8, 4) is 29.6 Å². The molecule has 0 unspecified atom stereocenters. The fourth-order valence-electron chi connectivity index (χ4n) is 1.76. The number of nitrogens with one attached hydrogen (secondary N) is 1. The molecule has 0 amide bonds. The van der Waals surface area contributed by atoms with E-state index in [1.54, 1.807) is 12.1 Å². The second-order valence-corrected chi connectivity index (χ2v) is 4.19. The van der Waals surface area contributed by atoms with Crippen LogP contribution in [0, 0.1) is 12.3 Å². The standard InChI is InChI=1S/C15H21NO3/c1-4-5-6-7-8-16-11-12-9-13(18-2)15(17)14(10-12)19-3/h1,9-10,16-17H,5-8,11H2,2-3H3. The molecule has 0 aliphatic heterocycles. The van der Waals surface area contributed by atoms with Crippen LogP contribution in [0.15, 0.2) is 12.1 Å². The second kappa shape index (κ2) is 8.28. The zero-order valence-corrected chi connectivity index (χ0v) is 11.5. The van der Waals surface area contributed by atoms with E-state index in [1.807, 2.05) is 0 Å². The summed E-state index contributed by atoms with van der Waals surface area (Å²) >= 11 is 0. The summed E-state index contributed by atoms with van der Waals surface area (Å²) in [6.07, 6.45) is 8.10. The van der Waals surface area contributed by atoms with Gasteiger partial charge in [-0.05, 0) is 37.1 Å². The molecule has 0 radical (unpaired) electrons. The first-order valence-electron chi connectivity index (χ1n) is 6.31. The van der Waals surface area contributed by atoms with Gasteiger partial charge >= 0.3 is 0 Å². The highest BCUT2D eigenvalue weighted by atomic mass is 16.5. The SMILES string of the molecule is C#CCCCCNCc1cc(OC)c(O)c(OC)c1. The normalized spacial score (nSPS) is 9.95. The summed E-state index contributed by atoms with van der Waals surface area (Å²) in [5.41, 5.74) is 1.00. The number of benzene rings is 1. The zero-order chi connectivity index (χ0) is 14.1. The van der Waals surface area contributed by atoms with Gasteiger partial charge in [0.25, 0.3) is 0 Å². The third-order valence-corrected chi connectivity index (χ3v) is 2.79. The number of unbranched alkanes of at least 4 members (excludes halogenated alkanes) is 2. The Labute approximate surface area is 114 Å². The molecule has 0 heterocycles. The van der Waals surface area contributed by atoms with Crippen molar-refractivity contribution in [2.24, 2.45) is 0 Å². The third-order valence-electron chi connectivity index (χ3n) is 2.79. The monoisotopic (exact) mass is 263 g/mol. The van der Waals surface area contributed by atoms with Gasteiger partial charge in [0.05, 0.1) is 14.2 Å². The predicted molar refractivity (Wildman–Crippen MR) is 75.6 cm³/mol. The van der Waals surface area contributed by atoms with E-state index in [-0.39, 0.29) is 5.75 Å². The van der Waals surface area contributed by atoms with Gasteiger partial charge in [-0.1, -0.05) is 0 Å². The summed E-state index contributed by atoms with van der Waals surface area (Å²) in [6.45, 7) is 1.61. The molecule has 1 rings (SSSR count). The van der Waals surface area contributed by atoms with Gasteiger partial charge in [-0.25, -0.2) is 0 Å². The molecule has 0 aliphatic carbocycles. The lowest BCUT2D eigenvalue weighted by atomic mass is 10.1. The van der Waals surface area contributed by atoms with Gasteiger partial charge < -0.3 is 19.9 Å². The Morgan fingerprint density at radius 3 is 2.37 bits per heavy atom. The smallest absolute Gasteiger partial charge is 0.200 e. The molecule has 0 bridgehead atoms. The first-order chi connectivity index (χ1) is 9.22. The largest absolute Gasteiger partial charge is 0.502 e. The molecule has 104 valence electrons. The van der Waals surface area contributed by atoms with Crippen LogP contribution in [-0.4, -0.2) is 25.9 Å². The van der Waals surface area contributed by atoms with Gasteiger partial charge in [-0.3, -0.25) is 0 Å². The van der Waals surface area contributed by atoms with Crippen molar-refractivity contribution in [3.05, 3.63) is 17.7 Å². The molecular weight excluding hydrogens is 242 g/mol. The van der Waals surface area contributed by atoms with E-state index in [2.05, 4.69) is 11.2 Å². The van der Waals surface area contributed by atoms with Crippen LogP contribution in [0.25, 0.3) is 0 Å². The summed E-state index contributed by atoms with van der Waals surface area (Å²) in [5.74, 6) is 3.49. The number of terminal acetylenes is 1. The highest BCUT2D eigenvalue weighted by molar-refractivity contribution is 5.52. The van der Waals surface area contributed by atoms with Crippen LogP contribution in [-0.2, 0) is 6.54 Å². The van der Waals surface area contributed by atoms with E-state index in [9.17, 15) is 5.11 Å². The Hall–Kier alpha value is -1.86. The molecule has 19 heavy (non-hydrogen) atoms. The van der Waals surface area contributed by atoms with Gasteiger partial charge in [-0.15, -0.1) is 12.3 Å². The average molecular weight is 263 g/mol. The molecule has 0 saturated heterocycles. The van der Waals surface area contributed by atoms with Crippen LogP contribution in [0.3, 0.4) is 0 Å². The van der Waals surface area contributed by atoms with Crippen LogP contribution in [0.1, 0.15) is 24.8 Å². The zero-order valence-electron chi connectivity index (χ0n) is 11.5. The van der Waals surface area contributed by atoms with Gasteiger partial charge in [-0.2, -0.15) is 0 Å². The molecule has 0 spiro atoms. The average Bonchev–Trinajstić information content (AvgIpc) is 2.44. The molecule has 0 aromatic heterocycles. The molecule has 0 atom stereocenters. The summed E-state index contributed by atoms with van der Waals surface area (Å²) in [5, 5.41) is 13.1. The Bertz CT molecular complexity index is 413. The van der Waals surface area contributed by atoms with Crippen LogP contribution in [0.2, 0.25) is 0 Å². The minimum atomic E-state index is 0.0303. The van der Waals surface area contributed by atoms with Gasteiger partial charge in [0.1, 0.15) is 0 Å². The van der Waals surface area contributed by atoms with E-state index in [0.717, 1.165) is 31.4 Å².